The van der Waals surface area contributed by atoms with E-state index in [9.17, 15) is 14.4 Å². The van der Waals surface area contributed by atoms with E-state index in [1.54, 1.807) is 44.2 Å². The lowest BCUT2D eigenvalue weighted by Gasteiger charge is -2.00. The van der Waals surface area contributed by atoms with Gasteiger partial charge in [0.2, 0.25) is 5.91 Å². The van der Waals surface area contributed by atoms with E-state index in [4.69, 9.17) is 10.8 Å². The van der Waals surface area contributed by atoms with Crippen molar-refractivity contribution < 1.29 is 19.5 Å². The van der Waals surface area contributed by atoms with Crippen molar-refractivity contribution in [3.63, 3.8) is 0 Å². The maximum Gasteiger partial charge on any atom is 0.322 e. The van der Waals surface area contributed by atoms with E-state index in [0.29, 0.717) is 5.56 Å². The molecule has 0 aliphatic rings. The van der Waals surface area contributed by atoms with Gasteiger partial charge in [0.05, 0.1) is 0 Å². The molecular weight excluding hydrogens is 248 g/mol. The van der Waals surface area contributed by atoms with Crippen molar-refractivity contribution in [3.8, 4) is 0 Å². The first kappa shape index (κ1) is 16.6. The summed E-state index contributed by atoms with van der Waals surface area (Å²) in [6.07, 6.45) is 0. The Morgan fingerprint density at radius 1 is 1.21 bits per heavy atom. The van der Waals surface area contributed by atoms with Gasteiger partial charge in [0.1, 0.15) is 6.54 Å². The average molecular weight is 266 g/mol. The highest BCUT2D eigenvalue weighted by Crippen LogP contribution is 1.96. The number of nitrogens with two attached hydrogens (primary N) is 1. The molecule has 6 heteroatoms. The summed E-state index contributed by atoms with van der Waals surface area (Å²) in [6.45, 7) is 3.18. The molecule has 0 spiro atoms. The molecule has 0 unspecified atom stereocenters. The number of carboxylic acids is 1. The molecule has 0 aliphatic heterocycles. The van der Waals surface area contributed by atoms with Gasteiger partial charge in [-0.3, -0.25) is 14.4 Å². The van der Waals surface area contributed by atoms with Crippen LogP contribution in [0.3, 0.4) is 0 Å². The summed E-state index contributed by atoms with van der Waals surface area (Å²) in [5, 5.41) is 10.6. The van der Waals surface area contributed by atoms with E-state index in [0.717, 1.165) is 0 Å². The third-order valence-corrected chi connectivity index (χ3v) is 2.01. The summed E-state index contributed by atoms with van der Waals surface area (Å²) >= 11 is 0. The predicted molar refractivity (Wildman–Crippen MR) is 70.4 cm³/mol. The number of primary amides is 1. The van der Waals surface area contributed by atoms with Crippen LogP contribution >= 0.6 is 0 Å². The lowest BCUT2D eigenvalue weighted by molar-refractivity contribution is -0.135. The standard InChI is InChI=1S/C9H9NO3.C4H9NO/c11-8(12)6-10-9(13)7-4-2-1-3-5-7;1-3(2)4(5)6/h1-5H,6H2,(H,10,13)(H,11,12);3H,1-2H3,(H2,5,6). The fourth-order valence-corrected chi connectivity index (χ4v) is 0.847. The Morgan fingerprint density at radius 3 is 2.05 bits per heavy atom. The van der Waals surface area contributed by atoms with Crippen LogP contribution in [0.15, 0.2) is 30.3 Å². The molecule has 0 aromatic heterocycles. The second-order valence-electron chi connectivity index (χ2n) is 4.00. The molecule has 104 valence electrons. The van der Waals surface area contributed by atoms with Gasteiger partial charge in [0.15, 0.2) is 0 Å². The first-order chi connectivity index (χ1) is 8.84. The lowest BCUT2D eigenvalue weighted by Crippen LogP contribution is -2.29. The maximum atomic E-state index is 11.2. The monoisotopic (exact) mass is 266 g/mol. The Balaban J connectivity index is 0.000000459. The zero-order valence-electron chi connectivity index (χ0n) is 10.9. The number of aliphatic carboxylic acids is 1. The molecule has 6 nitrogen and oxygen atoms in total. The molecule has 0 atom stereocenters. The molecule has 0 heterocycles. The molecule has 19 heavy (non-hydrogen) atoms. The molecule has 0 saturated heterocycles. The molecule has 0 radical (unpaired) electrons. The van der Waals surface area contributed by atoms with Crippen LogP contribution in [0.5, 0.6) is 0 Å². The summed E-state index contributed by atoms with van der Waals surface area (Å²) in [5.74, 6) is -1.67. The van der Waals surface area contributed by atoms with Crippen molar-refractivity contribution in [2.45, 2.75) is 13.8 Å². The number of carbonyl (C=O) groups excluding carboxylic acids is 2. The third-order valence-electron chi connectivity index (χ3n) is 2.01. The van der Waals surface area contributed by atoms with Gasteiger partial charge in [0.25, 0.3) is 5.91 Å². The van der Waals surface area contributed by atoms with Crippen LogP contribution in [0.25, 0.3) is 0 Å². The molecule has 2 amide bonds. The Kier molecular flexibility index (Phi) is 7.60. The highest BCUT2D eigenvalue weighted by Gasteiger charge is 2.04. The van der Waals surface area contributed by atoms with E-state index >= 15 is 0 Å². The minimum absolute atomic E-state index is 0.00926. The van der Waals surface area contributed by atoms with Crippen LogP contribution in [0.4, 0.5) is 0 Å². The van der Waals surface area contributed by atoms with Crippen LogP contribution in [0.1, 0.15) is 24.2 Å². The quantitative estimate of drug-likeness (QED) is 0.742. The topological polar surface area (TPSA) is 109 Å². The number of hydrogen-bond donors (Lipinski definition) is 3. The first-order valence-electron chi connectivity index (χ1n) is 5.69. The molecule has 0 saturated carbocycles. The molecule has 0 bridgehead atoms. The largest absolute Gasteiger partial charge is 0.480 e. The van der Waals surface area contributed by atoms with E-state index in [1.165, 1.54) is 0 Å². The fourth-order valence-electron chi connectivity index (χ4n) is 0.847. The van der Waals surface area contributed by atoms with Gasteiger partial charge in [0, 0.05) is 11.5 Å². The van der Waals surface area contributed by atoms with Crippen LogP contribution in [0, 0.1) is 5.92 Å². The Bertz CT molecular complexity index is 430. The van der Waals surface area contributed by atoms with Gasteiger partial charge in [-0.15, -0.1) is 0 Å². The van der Waals surface area contributed by atoms with E-state index < -0.39 is 5.97 Å². The van der Waals surface area contributed by atoms with Crippen LogP contribution in [0.2, 0.25) is 0 Å². The van der Waals surface area contributed by atoms with Crippen molar-refractivity contribution in [2.24, 2.45) is 11.7 Å². The van der Waals surface area contributed by atoms with Crippen molar-refractivity contribution in [3.05, 3.63) is 35.9 Å². The summed E-state index contributed by atoms with van der Waals surface area (Å²) in [4.78, 5) is 31.2. The van der Waals surface area contributed by atoms with E-state index in [2.05, 4.69) is 5.32 Å². The molecule has 0 aliphatic carbocycles. The van der Waals surface area contributed by atoms with Crippen molar-refractivity contribution in [1.82, 2.24) is 5.32 Å². The molecule has 1 aromatic carbocycles. The fraction of sp³-hybridized carbons (Fsp3) is 0.308. The van der Waals surface area contributed by atoms with Crippen LogP contribution < -0.4 is 11.1 Å². The Labute approximate surface area is 111 Å². The lowest BCUT2D eigenvalue weighted by atomic mass is 10.2. The number of benzene rings is 1. The number of amides is 2. The molecule has 0 fully saturated rings. The number of rotatable bonds is 4. The summed E-state index contributed by atoms with van der Waals surface area (Å²) in [5.41, 5.74) is 5.26. The van der Waals surface area contributed by atoms with Gasteiger partial charge in [-0.05, 0) is 12.1 Å². The molecule has 1 rings (SSSR count). The number of carbonyl (C=O) groups is 3. The predicted octanol–water partition coefficient (Wildman–Crippen LogP) is 0.629. The SMILES string of the molecule is CC(C)C(N)=O.O=C(O)CNC(=O)c1ccccc1. The van der Waals surface area contributed by atoms with Crippen molar-refractivity contribution in [1.29, 1.82) is 0 Å². The minimum Gasteiger partial charge on any atom is -0.480 e. The average Bonchev–Trinajstić information content (AvgIpc) is 2.37. The molecule has 4 N–H and O–H groups in total. The molecular formula is C13H18N2O4. The Hall–Kier alpha value is -2.37. The van der Waals surface area contributed by atoms with E-state index in [1.807, 2.05) is 0 Å². The highest BCUT2D eigenvalue weighted by molar-refractivity contribution is 5.95. The zero-order valence-corrected chi connectivity index (χ0v) is 10.9. The van der Waals surface area contributed by atoms with Crippen LogP contribution in [-0.4, -0.2) is 29.4 Å². The molecule has 1 aromatic rings. The minimum atomic E-state index is -1.05. The van der Waals surface area contributed by atoms with Gasteiger partial charge in [-0.25, -0.2) is 0 Å². The zero-order chi connectivity index (χ0) is 14.8. The second-order valence-corrected chi connectivity index (χ2v) is 4.00. The van der Waals surface area contributed by atoms with Crippen molar-refractivity contribution in [2.75, 3.05) is 6.54 Å². The third kappa shape index (κ3) is 8.37. The summed E-state index contributed by atoms with van der Waals surface area (Å²) < 4.78 is 0. The first-order valence-corrected chi connectivity index (χ1v) is 5.69. The second kappa shape index (κ2) is 8.68. The summed E-state index contributed by atoms with van der Waals surface area (Å²) in [7, 11) is 0. The van der Waals surface area contributed by atoms with Gasteiger partial charge < -0.3 is 16.2 Å². The van der Waals surface area contributed by atoms with Crippen LogP contribution in [-0.2, 0) is 9.59 Å². The number of hydrogen-bond acceptors (Lipinski definition) is 3. The van der Waals surface area contributed by atoms with Crippen molar-refractivity contribution >= 4 is 17.8 Å². The van der Waals surface area contributed by atoms with Gasteiger partial charge >= 0.3 is 5.97 Å². The van der Waals surface area contributed by atoms with E-state index in [-0.39, 0.29) is 24.3 Å². The highest BCUT2D eigenvalue weighted by atomic mass is 16.4. The van der Waals surface area contributed by atoms with Gasteiger partial charge in [-0.1, -0.05) is 32.0 Å². The van der Waals surface area contributed by atoms with Gasteiger partial charge in [-0.2, -0.15) is 0 Å². The Morgan fingerprint density at radius 2 is 1.68 bits per heavy atom. The summed E-state index contributed by atoms with van der Waals surface area (Å²) in [6, 6.07) is 8.47. The maximum absolute atomic E-state index is 11.2. The number of carboxylic acid groups (broad SMARTS) is 1. The normalized spacial score (nSPS) is 9.21. The number of nitrogens with one attached hydrogen (secondary N) is 1. The smallest absolute Gasteiger partial charge is 0.322 e.